The third-order valence-corrected chi connectivity index (χ3v) is 6.08. The molecule has 1 amide bonds. The fraction of sp³-hybridized carbons (Fsp3) is 0.438. The van der Waals surface area contributed by atoms with Crippen LogP contribution in [0.4, 0.5) is 4.39 Å². The average Bonchev–Trinajstić information content (AvgIpc) is 3.02. The van der Waals surface area contributed by atoms with Crippen molar-refractivity contribution in [1.29, 1.82) is 0 Å². The predicted molar refractivity (Wildman–Crippen MR) is 86.3 cm³/mol. The zero-order valence-corrected chi connectivity index (χ0v) is 13.5. The molecule has 23 heavy (non-hydrogen) atoms. The van der Waals surface area contributed by atoms with Gasteiger partial charge in [-0.3, -0.25) is 4.79 Å². The molecule has 2 N–H and O–H groups in total. The fourth-order valence-corrected chi connectivity index (χ4v) is 4.93. The second-order valence-corrected chi connectivity index (χ2v) is 8.31. The lowest BCUT2D eigenvalue weighted by molar-refractivity contribution is -0.121. The minimum absolute atomic E-state index is 0.0592. The van der Waals surface area contributed by atoms with Gasteiger partial charge in [-0.2, -0.15) is 0 Å². The van der Waals surface area contributed by atoms with Crippen LogP contribution in [0.15, 0.2) is 24.4 Å². The highest BCUT2D eigenvalue weighted by atomic mass is 32.2. The van der Waals surface area contributed by atoms with Gasteiger partial charge >= 0.3 is 0 Å². The average molecular weight is 338 g/mol. The molecule has 0 saturated carbocycles. The molecule has 0 radical (unpaired) electrons. The zero-order chi connectivity index (χ0) is 16.4. The van der Waals surface area contributed by atoms with Gasteiger partial charge in [0, 0.05) is 30.1 Å². The van der Waals surface area contributed by atoms with Crippen LogP contribution in [0.25, 0.3) is 10.9 Å². The number of rotatable bonds is 5. The Kier molecular flexibility index (Phi) is 4.39. The number of aromatic amines is 1. The first-order valence-corrected chi connectivity index (χ1v) is 9.48. The molecule has 0 unspecified atom stereocenters. The lowest BCUT2D eigenvalue weighted by Crippen LogP contribution is -2.27. The number of carbonyl (C=O) groups is 1. The smallest absolute Gasteiger partial charge is 0.220 e. The second-order valence-electron chi connectivity index (χ2n) is 6.08. The zero-order valence-electron chi connectivity index (χ0n) is 12.6. The van der Waals surface area contributed by atoms with E-state index in [0.29, 0.717) is 19.4 Å². The maximum Gasteiger partial charge on any atom is 0.220 e. The maximum absolute atomic E-state index is 13.1. The number of benzene rings is 1. The summed E-state index contributed by atoms with van der Waals surface area (Å²) in [5.41, 5.74) is 1.76. The second kappa shape index (κ2) is 6.31. The Morgan fingerprint density at radius 1 is 1.39 bits per heavy atom. The van der Waals surface area contributed by atoms with Crippen molar-refractivity contribution in [1.82, 2.24) is 10.3 Å². The van der Waals surface area contributed by atoms with Gasteiger partial charge in [0.2, 0.25) is 5.91 Å². The summed E-state index contributed by atoms with van der Waals surface area (Å²) in [5, 5.41) is 3.78. The van der Waals surface area contributed by atoms with Crippen molar-refractivity contribution in [3.8, 4) is 0 Å². The molecule has 2 heterocycles. The molecular weight excluding hydrogens is 319 g/mol. The van der Waals surface area contributed by atoms with Crippen LogP contribution >= 0.6 is 0 Å². The van der Waals surface area contributed by atoms with Crippen molar-refractivity contribution in [2.75, 3.05) is 18.1 Å². The first-order valence-electron chi connectivity index (χ1n) is 7.65. The predicted octanol–water partition coefficient (Wildman–Crippen LogP) is 1.79. The van der Waals surface area contributed by atoms with Gasteiger partial charge < -0.3 is 10.3 Å². The standard InChI is InChI=1S/C16H19FN2O3S/c17-13-1-2-14-12(9-19-15(14)8-13)3-5-18-16(20)7-11-4-6-23(21,22)10-11/h1-2,8-9,11,19H,3-7,10H2,(H,18,20)/t11-/m1/s1. The summed E-state index contributed by atoms with van der Waals surface area (Å²) >= 11 is 0. The topological polar surface area (TPSA) is 79.0 Å². The molecule has 2 aromatic rings. The van der Waals surface area contributed by atoms with Gasteiger partial charge in [-0.1, -0.05) is 0 Å². The summed E-state index contributed by atoms with van der Waals surface area (Å²) in [7, 11) is -2.94. The summed E-state index contributed by atoms with van der Waals surface area (Å²) < 4.78 is 35.9. The molecule has 0 aliphatic carbocycles. The van der Waals surface area contributed by atoms with E-state index in [9.17, 15) is 17.6 Å². The molecule has 1 aliphatic heterocycles. The van der Waals surface area contributed by atoms with Crippen molar-refractivity contribution in [3.05, 3.63) is 35.8 Å². The van der Waals surface area contributed by atoms with Gasteiger partial charge in [-0.15, -0.1) is 0 Å². The van der Waals surface area contributed by atoms with Crippen molar-refractivity contribution in [2.45, 2.75) is 19.3 Å². The number of hydrogen-bond acceptors (Lipinski definition) is 3. The van der Waals surface area contributed by atoms with E-state index >= 15 is 0 Å². The summed E-state index contributed by atoms with van der Waals surface area (Å²) in [6.45, 7) is 0.475. The lowest BCUT2D eigenvalue weighted by Gasteiger charge is -2.08. The van der Waals surface area contributed by atoms with Crippen LogP contribution in [0, 0.1) is 11.7 Å². The number of halogens is 1. The van der Waals surface area contributed by atoms with E-state index in [0.717, 1.165) is 16.5 Å². The maximum atomic E-state index is 13.1. The van der Waals surface area contributed by atoms with Crippen molar-refractivity contribution >= 4 is 26.6 Å². The van der Waals surface area contributed by atoms with Gasteiger partial charge in [0.05, 0.1) is 11.5 Å². The summed E-state index contributed by atoms with van der Waals surface area (Å²) in [6, 6.07) is 4.58. The normalized spacial score (nSPS) is 20.0. The highest BCUT2D eigenvalue weighted by molar-refractivity contribution is 7.91. The number of aromatic nitrogens is 1. The van der Waals surface area contributed by atoms with Crippen LogP contribution in [0.1, 0.15) is 18.4 Å². The van der Waals surface area contributed by atoms with E-state index in [1.807, 2.05) is 6.20 Å². The molecular formula is C16H19FN2O3S. The number of sulfone groups is 1. The van der Waals surface area contributed by atoms with Gasteiger partial charge in [0.15, 0.2) is 9.84 Å². The number of H-pyrrole nitrogens is 1. The quantitative estimate of drug-likeness (QED) is 0.872. The van der Waals surface area contributed by atoms with Gasteiger partial charge in [0.1, 0.15) is 5.82 Å². The number of amides is 1. The van der Waals surface area contributed by atoms with E-state index in [1.54, 1.807) is 6.07 Å². The molecule has 5 nitrogen and oxygen atoms in total. The molecule has 7 heteroatoms. The van der Waals surface area contributed by atoms with E-state index < -0.39 is 9.84 Å². The van der Waals surface area contributed by atoms with Crippen LogP contribution in [-0.2, 0) is 21.1 Å². The Balaban J connectivity index is 1.50. The van der Waals surface area contributed by atoms with Crippen molar-refractivity contribution in [3.63, 3.8) is 0 Å². The van der Waals surface area contributed by atoms with Crippen molar-refractivity contribution < 1.29 is 17.6 Å². The van der Waals surface area contributed by atoms with Crippen LogP contribution in [-0.4, -0.2) is 37.4 Å². The first kappa shape index (κ1) is 16.0. The Morgan fingerprint density at radius 3 is 2.96 bits per heavy atom. The Hall–Kier alpha value is -1.89. The van der Waals surface area contributed by atoms with E-state index in [1.165, 1.54) is 12.1 Å². The molecule has 0 spiro atoms. The van der Waals surface area contributed by atoms with Crippen LogP contribution in [0.2, 0.25) is 0 Å². The van der Waals surface area contributed by atoms with Crippen LogP contribution in [0.5, 0.6) is 0 Å². The van der Waals surface area contributed by atoms with Crippen LogP contribution in [0.3, 0.4) is 0 Å². The Bertz CT molecular complexity index is 829. The number of hydrogen-bond donors (Lipinski definition) is 2. The molecule has 124 valence electrons. The van der Waals surface area contributed by atoms with Gasteiger partial charge in [0.25, 0.3) is 0 Å². The molecule has 3 rings (SSSR count). The van der Waals surface area contributed by atoms with E-state index in [4.69, 9.17) is 0 Å². The number of nitrogens with one attached hydrogen (secondary N) is 2. The molecule has 1 fully saturated rings. The molecule has 1 atom stereocenters. The summed E-state index contributed by atoms with van der Waals surface area (Å²) in [4.78, 5) is 14.9. The highest BCUT2D eigenvalue weighted by Gasteiger charge is 2.29. The van der Waals surface area contributed by atoms with Crippen LogP contribution < -0.4 is 5.32 Å². The Labute approximate surface area is 134 Å². The molecule has 0 bridgehead atoms. The van der Waals surface area contributed by atoms with Crippen molar-refractivity contribution in [2.24, 2.45) is 5.92 Å². The van der Waals surface area contributed by atoms with E-state index in [2.05, 4.69) is 10.3 Å². The minimum atomic E-state index is -2.94. The lowest BCUT2D eigenvalue weighted by atomic mass is 10.0. The van der Waals surface area contributed by atoms with Gasteiger partial charge in [-0.25, -0.2) is 12.8 Å². The summed E-state index contributed by atoms with van der Waals surface area (Å²) in [6.07, 6.45) is 3.29. The SMILES string of the molecule is O=C(C[C@H]1CCS(=O)(=O)C1)NCCc1c[nH]c2cc(F)ccc12. The summed E-state index contributed by atoms with van der Waals surface area (Å²) in [5.74, 6) is -0.148. The Morgan fingerprint density at radius 2 is 2.22 bits per heavy atom. The number of carbonyl (C=O) groups excluding carboxylic acids is 1. The third kappa shape index (κ3) is 3.90. The molecule has 1 aromatic heterocycles. The molecule has 1 saturated heterocycles. The third-order valence-electron chi connectivity index (χ3n) is 4.25. The molecule has 1 aromatic carbocycles. The largest absolute Gasteiger partial charge is 0.361 e. The van der Waals surface area contributed by atoms with E-state index in [-0.39, 0.29) is 35.6 Å². The highest BCUT2D eigenvalue weighted by Crippen LogP contribution is 2.22. The van der Waals surface area contributed by atoms with Gasteiger partial charge in [-0.05, 0) is 42.5 Å². The number of fused-ring (bicyclic) bond motifs is 1. The monoisotopic (exact) mass is 338 g/mol. The fourth-order valence-electron chi connectivity index (χ4n) is 3.07. The molecule has 1 aliphatic rings. The minimum Gasteiger partial charge on any atom is -0.361 e. The first-order chi connectivity index (χ1) is 10.9.